The van der Waals surface area contributed by atoms with Gasteiger partial charge < -0.3 is 30.3 Å². The van der Waals surface area contributed by atoms with E-state index < -0.39 is 24.0 Å². The molecule has 4 aromatic rings. The van der Waals surface area contributed by atoms with Gasteiger partial charge in [-0.1, -0.05) is 17.3 Å². The molecule has 0 saturated carbocycles. The smallest absolute Gasteiger partial charge is 0.259 e. The number of nitrogens with two attached hydrogens (primary N) is 1. The first-order valence-electron chi connectivity index (χ1n) is 9.93. The summed E-state index contributed by atoms with van der Waals surface area (Å²) in [6, 6.07) is 14.0. The number of amides is 2. The van der Waals surface area contributed by atoms with Crippen molar-refractivity contribution in [1.82, 2.24) is 10.1 Å². The van der Waals surface area contributed by atoms with Gasteiger partial charge in [0.1, 0.15) is 0 Å². The van der Waals surface area contributed by atoms with E-state index in [1.807, 2.05) is 18.2 Å². The molecule has 1 unspecified atom stereocenters. The standard InChI is InChI=1S/C22H19N5O5/c23-20-15-6-4-13(10-17(15)32-26-20)25-21(29)18(28)19-22(30)27(8-9-31-19)14-5-3-12-2-1-7-24-16(12)11-14/h1-7,10-11,18-19,28H,8-9H2,(H2,23,26)(H,25,29)/t18-,19?/m1/s1. The van der Waals surface area contributed by atoms with Gasteiger partial charge >= 0.3 is 0 Å². The lowest BCUT2D eigenvalue weighted by Gasteiger charge is -2.34. The average Bonchev–Trinajstić information content (AvgIpc) is 3.18. The number of aliphatic hydroxyl groups is 1. The maximum atomic E-state index is 13.0. The SMILES string of the molecule is Nc1noc2cc(NC(=O)[C@H](O)C3OCCN(c4ccc5cccnc5c4)C3=O)ccc12. The summed E-state index contributed by atoms with van der Waals surface area (Å²) in [6.45, 7) is 0.468. The maximum Gasteiger partial charge on any atom is 0.259 e. The molecular weight excluding hydrogens is 414 g/mol. The quantitative estimate of drug-likeness (QED) is 0.441. The number of nitrogens with zero attached hydrogens (tertiary/aromatic N) is 3. The van der Waals surface area contributed by atoms with Crippen molar-refractivity contribution in [2.24, 2.45) is 0 Å². The van der Waals surface area contributed by atoms with E-state index >= 15 is 0 Å². The van der Waals surface area contributed by atoms with Crippen molar-refractivity contribution in [3.8, 4) is 0 Å². The van der Waals surface area contributed by atoms with E-state index in [4.69, 9.17) is 15.0 Å². The highest BCUT2D eigenvalue weighted by atomic mass is 16.5. The van der Waals surface area contributed by atoms with Crippen LogP contribution in [0.5, 0.6) is 0 Å². The Hall–Kier alpha value is -4.02. The van der Waals surface area contributed by atoms with Gasteiger partial charge in [0, 0.05) is 35.6 Å². The largest absolute Gasteiger partial charge is 0.380 e. The second kappa shape index (κ2) is 7.91. The number of anilines is 3. The Bertz CT molecular complexity index is 1340. The number of carbonyl (C=O) groups excluding carboxylic acids is 2. The molecular formula is C22H19N5O5. The third kappa shape index (κ3) is 3.51. The molecule has 0 bridgehead atoms. The molecule has 3 heterocycles. The lowest BCUT2D eigenvalue weighted by Crippen LogP contribution is -2.55. The minimum Gasteiger partial charge on any atom is -0.380 e. The molecule has 1 fully saturated rings. The van der Waals surface area contributed by atoms with Gasteiger partial charge in [-0.25, -0.2) is 0 Å². The summed E-state index contributed by atoms with van der Waals surface area (Å²) in [5.41, 5.74) is 7.79. The number of morpholine rings is 1. The molecule has 0 radical (unpaired) electrons. The number of benzene rings is 2. The molecule has 1 aliphatic heterocycles. The normalized spacial score (nSPS) is 17.6. The number of pyridine rings is 1. The number of aliphatic hydroxyl groups excluding tert-OH is 1. The summed E-state index contributed by atoms with van der Waals surface area (Å²) in [4.78, 5) is 31.5. The van der Waals surface area contributed by atoms with Crippen molar-refractivity contribution in [3.05, 3.63) is 54.7 Å². The summed E-state index contributed by atoms with van der Waals surface area (Å²) in [7, 11) is 0. The summed E-state index contributed by atoms with van der Waals surface area (Å²) < 4.78 is 10.5. The highest BCUT2D eigenvalue weighted by molar-refractivity contribution is 6.05. The lowest BCUT2D eigenvalue weighted by molar-refractivity contribution is -0.150. The minimum absolute atomic E-state index is 0.171. The van der Waals surface area contributed by atoms with E-state index in [9.17, 15) is 14.7 Å². The van der Waals surface area contributed by atoms with Crippen LogP contribution in [0, 0.1) is 0 Å². The Kier molecular flexibility index (Phi) is 4.92. The third-order valence-corrected chi connectivity index (χ3v) is 5.35. The molecule has 10 nitrogen and oxygen atoms in total. The van der Waals surface area contributed by atoms with Gasteiger partial charge in [0.15, 0.2) is 23.6 Å². The van der Waals surface area contributed by atoms with Gasteiger partial charge in [-0.05, 0) is 30.3 Å². The average molecular weight is 433 g/mol. The number of hydrogen-bond donors (Lipinski definition) is 3. The molecule has 1 saturated heterocycles. The number of hydrogen-bond acceptors (Lipinski definition) is 8. The molecule has 2 aromatic carbocycles. The van der Waals surface area contributed by atoms with E-state index in [1.165, 1.54) is 11.0 Å². The summed E-state index contributed by atoms with van der Waals surface area (Å²) in [6.07, 6.45) is -1.37. The van der Waals surface area contributed by atoms with Crippen LogP contribution < -0.4 is 16.0 Å². The van der Waals surface area contributed by atoms with Crippen LogP contribution in [0.2, 0.25) is 0 Å². The van der Waals surface area contributed by atoms with E-state index in [2.05, 4.69) is 15.5 Å². The van der Waals surface area contributed by atoms with Crippen LogP contribution in [0.4, 0.5) is 17.2 Å². The van der Waals surface area contributed by atoms with E-state index in [0.29, 0.717) is 28.9 Å². The van der Waals surface area contributed by atoms with E-state index in [0.717, 1.165) is 10.9 Å². The molecule has 162 valence electrons. The first kappa shape index (κ1) is 19.9. The van der Waals surface area contributed by atoms with Gasteiger partial charge in [0.05, 0.1) is 17.5 Å². The van der Waals surface area contributed by atoms with Gasteiger partial charge in [-0.3, -0.25) is 14.6 Å². The molecule has 2 aromatic heterocycles. The van der Waals surface area contributed by atoms with Gasteiger partial charge in [0.2, 0.25) is 0 Å². The fourth-order valence-corrected chi connectivity index (χ4v) is 3.70. The Morgan fingerprint density at radius 1 is 1.25 bits per heavy atom. The Morgan fingerprint density at radius 2 is 2.12 bits per heavy atom. The van der Waals surface area contributed by atoms with Crippen molar-refractivity contribution in [1.29, 1.82) is 0 Å². The van der Waals surface area contributed by atoms with Crippen molar-refractivity contribution >= 4 is 50.9 Å². The summed E-state index contributed by atoms with van der Waals surface area (Å²) >= 11 is 0. The van der Waals surface area contributed by atoms with Crippen molar-refractivity contribution in [2.45, 2.75) is 12.2 Å². The van der Waals surface area contributed by atoms with Gasteiger partial charge in [0.25, 0.3) is 11.8 Å². The second-order valence-electron chi connectivity index (χ2n) is 7.37. The molecule has 2 amide bonds. The first-order chi connectivity index (χ1) is 15.5. The summed E-state index contributed by atoms with van der Waals surface area (Å²) in [5, 5.41) is 18.3. The van der Waals surface area contributed by atoms with Crippen molar-refractivity contribution in [2.75, 3.05) is 29.1 Å². The number of carbonyl (C=O) groups is 2. The molecule has 5 rings (SSSR count). The number of nitrogen functional groups attached to an aromatic ring is 1. The number of fused-ring (bicyclic) bond motifs is 2. The predicted molar refractivity (Wildman–Crippen MR) is 117 cm³/mol. The fourth-order valence-electron chi connectivity index (χ4n) is 3.70. The van der Waals surface area contributed by atoms with E-state index in [1.54, 1.807) is 30.5 Å². The third-order valence-electron chi connectivity index (χ3n) is 5.35. The topological polar surface area (TPSA) is 144 Å². The number of ether oxygens (including phenoxy) is 1. The Morgan fingerprint density at radius 3 is 3.00 bits per heavy atom. The Balaban J connectivity index is 1.33. The maximum absolute atomic E-state index is 13.0. The van der Waals surface area contributed by atoms with Gasteiger partial charge in [-0.2, -0.15) is 0 Å². The molecule has 0 spiro atoms. The number of rotatable bonds is 4. The number of nitrogens with one attached hydrogen (secondary N) is 1. The highest BCUT2D eigenvalue weighted by Crippen LogP contribution is 2.26. The van der Waals surface area contributed by atoms with Gasteiger partial charge in [-0.15, -0.1) is 0 Å². The first-order valence-corrected chi connectivity index (χ1v) is 9.93. The molecule has 0 aliphatic carbocycles. The molecule has 4 N–H and O–H groups in total. The molecule has 1 aliphatic rings. The van der Waals surface area contributed by atoms with Crippen LogP contribution in [0.25, 0.3) is 21.9 Å². The molecule has 32 heavy (non-hydrogen) atoms. The zero-order chi connectivity index (χ0) is 22.2. The number of aromatic nitrogens is 2. The minimum atomic E-state index is -1.71. The molecule has 2 atom stereocenters. The van der Waals surface area contributed by atoms with Crippen LogP contribution >= 0.6 is 0 Å². The highest BCUT2D eigenvalue weighted by Gasteiger charge is 2.39. The lowest BCUT2D eigenvalue weighted by atomic mass is 10.1. The monoisotopic (exact) mass is 433 g/mol. The van der Waals surface area contributed by atoms with Crippen LogP contribution in [-0.2, 0) is 14.3 Å². The van der Waals surface area contributed by atoms with Crippen LogP contribution in [0.3, 0.4) is 0 Å². The second-order valence-corrected chi connectivity index (χ2v) is 7.37. The fraction of sp³-hybridized carbons (Fsp3) is 0.182. The van der Waals surface area contributed by atoms with Crippen molar-refractivity contribution < 1.29 is 24.0 Å². The van der Waals surface area contributed by atoms with Crippen molar-refractivity contribution in [3.63, 3.8) is 0 Å². The van der Waals surface area contributed by atoms with Crippen LogP contribution in [0.15, 0.2) is 59.3 Å². The zero-order valence-electron chi connectivity index (χ0n) is 16.8. The van der Waals surface area contributed by atoms with Crippen LogP contribution in [-0.4, -0.2) is 52.4 Å². The van der Waals surface area contributed by atoms with Crippen LogP contribution in [0.1, 0.15) is 0 Å². The van der Waals surface area contributed by atoms with E-state index in [-0.39, 0.29) is 12.4 Å². The predicted octanol–water partition coefficient (Wildman–Crippen LogP) is 1.69. The Labute approximate surface area is 181 Å². The molecule has 10 heteroatoms. The zero-order valence-corrected chi connectivity index (χ0v) is 16.8. The summed E-state index contributed by atoms with van der Waals surface area (Å²) in [5.74, 6) is -1.05.